The Balaban J connectivity index is 1.50. The molecule has 0 bridgehead atoms. The Morgan fingerprint density at radius 1 is 1.00 bits per heavy atom. The number of rotatable bonds is 7. The van der Waals surface area contributed by atoms with Crippen molar-refractivity contribution in [3.8, 4) is 0 Å². The number of amidine groups is 1. The number of likely N-dealkylation sites (tertiary alicyclic amines) is 1. The van der Waals surface area contributed by atoms with Gasteiger partial charge in [0, 0.05) is 29.1 Å². The quantitative estimate of drug-likeness (QED) is 0.217. The van der Waals surface area contributed by atoms with E-state index in [4.69, 9.17) is 10.1 Å². The van der Waals surface area contributed by atoms with Gasteiger partial charge in [-0.3, -0.25) is 15.5 Å². The van der Waals surface area contributed by atoms with Crippen molar-refractivity contribution in [2.75, 3.05) is 26.7 Å². The standard InChI is InChI=1S/C32H37N5O3/c1-21(2)20-40-32(39)35-30(33)24-12-11-23-17-29(31(38)34-26-13-15-36(3)16-14-26)37(28(23)18-24)19-25-9-6-8-22-7-4-5-10-27(22)25/h4-12,17-18,21,26H,13-16,19-20H2,1-3H3,(H,34,38)(H2,33,35,39). The van der Waals surface area contributed by atoms with Crippen LogP contribution >= 0.6 is 0 Å². The van der Waals surface area contributed by atoms with Crippen LogP contribution in [0.1, 0.15) is 48.3 Å². The zero-order valence-corrected chi connectivity index (χ0v) is 23.4. The molecule has 4 aromatic rings. The predicted octanol–water partition coefficient (Wildman–Crippen LogP) is 5.37. The lowest BCUT2D eigenvalue weighted by molar-refractivity contribution is 0.0908. The van der Waals surface area contributed by atoms with Crippen molar-refractivity contribution >= 4 is 39.5 Å². The molecule has 5 rings (SSSR count). The van der Waals surface area contributed by atoms with E-state index in [-0.39, 0.29) is 30.3 Å². The number of nitrogens with one attached hydrogen (secondary N) is 3. The van der Waals surface area contributed by atoms with Gasteiger partial charge in [-0.2, -0.15) is 0 Å². The molecule has 3 N–H and O–H groups in total. The van der Waals surface area contributed by atoms with Crippen molar-refractivity contribution in [3.63, 3.8) is 0 Å². The molecule has 1 aliphatic heterocycles. The van der Waals surface area contributed by atoms with Crippen molar-refractivity contribution in [1.29, 1.82) is 5.41 Å². The van der Waals surface area contributed by atoms with Crippen LogP contribution in [0.25, 0.3) is 21.7 Å². The summed E-state index contributed by atoms with van der Waals surface area (Å²) in [6.45, 7) is 6.60. The van der Waals surface area contributed by atoms with E-state index in [0.717, 1.165) is 53.2 Å². The summed E-state index contributed by atoms with van der Waals surface area (Å²) >= 11 is 0. The molecule has 0 spiro atoms. The number of hydrogen-bond donors (Lipinski definition) is 3. The van der Waals surface area contributed by atoms with E-state index in [1.807, 2.05) is 54.8 Å². The van der Waals surface area contributed by atoms with Crippen molar-refractivity contribution in [2.24, 2.45) is 5.92 Å². The lowest BCUT2D eigenvalue weighted by atomic mass is 10.0. The first-order valence-electron chi connectivity index (χ1n) is 13.9. The van der Waals surface area contributed by atoms with Crippen LogP contribution in [0.5, 0.6) is 0 Å². The summed E-state index contributed by atoms with van der Waals surface area (Å²) in [4.78, 5) is 28.1. The minimum Gasteiger partial charge on any atom is -0.449 e. The molecule has 2 amide bonds. The van der Waals surface area contributed by atoms with Gasteiger partial charge < -0.3 is 19.5 Å². The van der Waals surface area contributed by atoms with Gasteiger partial charge in [0.2, 0.25) is 0 Å². The first-order chi connectivity index (χ1) is 19.3. The highest BCUT2D eigenvalue weighted by atomic mass is 16.5. The minimum absolute atomic E-state index is 0.0501. The number of ether oxygens (including phenoxy) is 1. The second-order valence-corrected chi connectivity index (χ2v) is 11.1. The van der Waals surface area contributed by atoms with E-state index in [2.05, 4.69) is 46.8 Å². The summed E-state index contributed by atoms with van der Waals surface area (Å²) in [6, 6.07) is 22.0. The van der Waals surface area contributed by atoms with Gasteiger partial charge in [-0.05, 0) is 67.4 Å². The van der Waals surface area contributed by atoms with Gasteiger partial charge in [0.1, 0.15) is 11.5 Å². The number of alkyl carbamates (subject to hydrolysis) is 1. The molecule has 0 radical (unpaired) electrons. The molecule has 0 saturated carbocycles. The van der Waals surface area contributed by atoms with Gasteiger partial charge in [0.25, 0.3) is 5.91 Å². The molecular weight excluding hydrogens is 502 g/mol. The molecule has 2 heterocycles. The number of hydrogen-bond acceptors (Lipinski definition) is 5. The minimum atomic E-state index is -0.650. The van der Waals surface area contributed by atoms with Crippen molar-refractivity contribution in [2.45, 2.75) is 39.3 Å². The van der Waals surface area contributed by atoms with Gasteiger partial charge in [-0.25, -0.2) is 4.79 Å². The third-order valence-electron chi connectivity index (χ3n) is 7.46. The first kappa shape index (κ1) is 27.4. The largest absolute Gasteiger partial charge is 0.449 e. The normalized spacial score (nSPS) is 14.5. The molecule has 208 valence electrons. The molecule has 1 fully saturated rings. The number of amides is 2. The molecule has 0 aliphatic carbocycles. The van der Waals surface area contributed by atoms with Crippen LogP contribution in [0, 0.1) is 11.3 Å². The maximum Gasteiger partial charge on any atom is 0.412 e. The number of benzene rings is 3. The molecule has 1 aliphatic rings. The number of carbonyl (C=O) groups is 2. The summed E-state index contributed by atoms with van der Waals surface area (Å²) in [5, 5.41) is 17.5. The fraction of sp³-hybridized carbons (Fsp3) is 0.344. The molecule has 1 saturated heterocycles. The lowest BCUT2D eigenvalue weighted by Crippen LogP contribution is -2.43. The Hall–Kier alpha value is -4.17. The van der Waals surface area contributed by atoms with E-state index >= 15 is 0 Å². The van der Waals surface area contributed by atoms with Crippen LogP contribution in [0.15, 0.2) is 66.7 Å². The molecule has 0 atom stereocenters. The van der Waals surface area contributed by atoms with Crippen molar-refractivity contribution in [3.05, 3.63) is 83.6 Å². The summed E-state index contributed by atoms with van der Waals surface area (Å²) in [5.41, 5.74) is 3.03. The van der Waals surface area contributed by atoms with Crippen molar-refractivity contribution in [1.82, 2.24) is 20.1 Å². The Morgan fingerprint density at radius 2 is 1.75 bits per heavy atom. The smallest absolute Gasteiger partial charge is 0.412 e. The van der Waals surface area contributed by atoms with Crippen LogP contribution in [-0.2, 0) is 11.3 Å². The van der Waals surface area contributed by atoms with Gasteiger partial charge in [-0.15, -0.1) is 0 Å². The number of carbonyl (C=O) groups excluding carboxylic acids is 2. The van der Waals surface area contributed by atoms with E-state index in [1.165, 1.54) is 0 Å². The number of aromatic nitrogens is 1. The summed E-state index contributed by atoms with van der Waals surface area (Å²) in [6.07, 6.45) is 1.19. The van der Waals surface area contributed by atoms with Gasteiger partial charge >= 0.3 is 6.09 Å². The van der Waals surface area contributed by atoms with E-state index in [9.17, 15) is 9.59 Å². The van der Waals surface area contributed by atoms with Gasteiger partial charge in [0.05, 0.1) is 6.61 Å². The second kappa shape index (κ2) is 11.9. The number of piperidine rings is 1. The molecular formula is C32H37N5O3. The third-order valence-corrected chi connectivity index (χ3v) is 7.46. The fourth-order valence-corrected chi connectivity index (χ4v) is 5.23. The predicted molar refractivity (Wildman–Crippen MR) is 159 cm³/mol. The highest BCUT2D eigenvalue weighted by Gasteiger charge is 2.23. The third kappa shape index (κ3) is 6.18. The Bertz CT molecular complexity index is 1540. The zero-order chi connectivity index (χ0) is 28.2. The van der Waals surface area contributed by atoms with Crippen molar-refractivity contribution < 1.29 is 14.3 Å². The van der Waals surface area contributed by atoms with Gasteiger partial charge in [0.15, 0.2) is 0 Å². The summed E-state index contributed by atoms with van der Waals surface area (Å²) < 4.78 is 7.21. The highest BCUT2D eigenvalue weighted by Crippen LogP contribution is 2.26. The van der Waals surface area contributed by atoms with Crippen LogP contribution in [-0.4, -0.2) is 60.1 Å². The average molecular weight is 540 g/mol. The molecule has 8 heteroatoms. The van der Waals surface area contributed by atoms with E-state index in [0.29, 0.717) is 17.8 Å². The molecule has 40 heavy (non-hydrogen) atoms. The SMILES string of the molecule is CC(C)COC(=O)NC(=N)c1ccc2cc(C(=O)NC3CCN(C)CC3)n(Cc3cccc4ccccc34)c2c1. The summed E-state index contributed by atoms with van der Waals surface area (Å²) in [7, 11) is 2.11. The molecule has 1 aromatic heterocycles. The second-order valence-electron chi connectivity index (χ2n) is 11.1. The maximum absolute atomic E-state index is 13.7. The lowest BCUT2D eigenvalue weighted by Gasteiger charge is -2.29. The monoisotopic (exact) mass is 539 g/mol. The zero-order valence-electron chi connectivity index (χ0n) is 23.4. The molecule has 0 unspecified atom stereocenters. The van der Waals surface area contributed by atoms with Crippen LogP contribution in [0.2, 0.25) is 0 Å². The number of fused-ring (bicyclic) bond motifs is 2. The average Bonchev–Trinajstić information content (AvgIpc) is 3.31. The van der Waals surface area contributed by atoms with Gasteiger partial charge in [-0.1, -0.05) is 68.4 Å². The summed E-state index contributed by atoms with van der Waals surface area (Å²) in [5.74, 6) is 0.0524. The molecule has 3 aromatic carbocycles. The fourth-order valence-electron chi connectivity index (χ4n) is 5.23. The van der Waals surface area contributed by atoms with Crippen LogP contribution in [0.4, 0.5) is 4.79 Å². The van der Waals surface area contributed by atoms with Crippen LogP contribution in [0.3, 0.4) is 0 Å². The molecule has 8 nitrogen and oxygen atoms in total. The topological polar surface area (TPSA) is 99.4 Å². The van der Waals surface area contributed by atoms with E-state index < -0.39 is 6.09 Å². The van der Waals surface area contributed by atoms with E-state index in [1.54, 1.807) is 6.07 Å². The first-order valence-corrected chi connectivity index (χ1v) is 13.9. The maximum atomic E-state index is 13.7. The Labute approximate surface area is 234 Å². The Kier molecular flexibility index (Phi) is 8.16. The Morgan fingerprint density at radius 3 is 2.52 bits per heavy atom. The van der Waals surface area contributed by atoms with Crippen LogP contribution < -0.4 is 10.6 Å². The number of nitrogens with zero attached hydrogens (tertiary/aromatic N) is 2. The highest BCUT2D eigenvalue weighted by molar-refractivity contribution is 6.07.